The van der Waals surface area contributed by atoms with E-state index in [1.165, 1.54) is 26.1 Å². The largest absolute Gasteiger partial charge is 0.473 e. The van der Waals surface area contributed by atoms with Crippen molar-refractivity contribution in [2.45, 2.75) is 93.0 Å². The van der Waals surface area contributed by atoms with Crippen molar-refractivity contribution in [3.05, 3.63) is 36.2 Å². The number of aliphatic hydroxyl groups is 4. The monoisotopic (exact) mass is 553 g/mol. The molecule has 208 valence electrons. The first-order valence-corrected chi connectivity index (χ1v) is 14.2. The maximum absolute atomic E-state index is 13.4. The number of phosphoric acid groups is 1. The highest BCUT2D eigenvalue weighted by molar-refractivity contribution is 7.47. The summed E-state index contributed by atoms with van der Waals surface area (Å²) in [6, 6.07) is 3.02. The van der Waals surface area contributed by atoms with Crippen molar-refractivity contribution >= 4 is 13.8 Å². The second-order valence-corrected chi connectivity index (χ2v) is 13.9. The van der Waals surface area contributed by atoms with E-state index in [2.05, 4.69) is 11.6 Å². The van der Waals surface area contributed by atoms with Crippen LogP contribution in [0.1, 0.15) is 57.4 Å². The van der Waals surface area contributed by atoms with Gasteiger partial charge in [0.2, 0.25) is 0 Å². The molecule has 8 rings (SSSR count). The standard InChI is InChI=1S/C25H32NO11P/c1-12(2)22(30)17(34-16(27)14-7-6-10-26-14)23(31)18(4)11-21(29)19(22,5)25(23)24(36-21)15(35-38(32,33)37-25)13(3)8-9-20(18,24)28/h6-7,10,12,15,17,26,28-31H,3,8-9,11H2,1-2,4-5H3,(H,32,33)/t15-,17-,18+,19-,20+,21+,22?,23-,24-,25+/m1/s1. The molecule has 6 bridgehead atoms. The van der Waals surface area contributed by atoms with Crippen LogP contribution in [0.15, 0.2) is 30.5 Å². The van der Waals surface area contributed by atoms with E-state index in [0.717, 1.165) is 0 Å². The summed E-state index contributed by atoms with van der Waals surface area (Å²) in [5.41, 5.74) is -15.1. The van der Waals surface area contributed by atoms with Gasteiger partial charge in [0.25, 0.3) is 0 Å². The average molecular weight is 554 g/mol. The predicted molar refractivity (Wildman–Crippen MR) is 126 cm³/mol. The fourth-order valence-corrected chi connectivity index (χ4v) is 11.3. The van der Waals surface area contributed by atoms with E-state index in [1.807, 2.05) is 0 Å². The van der Waals surface area contributed by atoms with Gasteiger partial charge in [-0.15, -0.1) is 0 Å². The van der Waals surface area contributed by atoms with Gasteiger partial charge in [0, 0.05) is 18.0 Å². The van der Waals surface area contributed by atoms with Gasteiger partial charge in [-0.25, -0.2) is 9.36 Å². The first-order valence-electron chi connectivity index (χ1n) is 12.7. The quantitative estimate of drug-likeness (QED) is 0.177. The van der Waals surface area contributed by atoms with E-state index in [0.29, 0.717) is 5.57 Å². The molecule has 7 fully saturated rings. The van der Waals surface area contributed by atoms with Crippen LogP contribution in [0.25, 0.3) is 0 Å². The normalized spacial score (nSPS) is 59.5. The van der Waals surface area contributed by atoms with Gasteiger partial charge in [0.1, 0.15) is 28.6 Å². The van der Waals surface area contributed by atoms with Crippen LogP contribution in [-0.4, -0.2) is 82.3 Å². The SMILES string of the molecule is C=C1CC[C@]2(O)[C@]3(C)C[C@]4(O)O[C@]25[C@@H]1OP(=O)(O)O[C@@]51[C@@]3(O)[C@H](OC(=O)c2ccc[nH]2)C(O)(C(C)C)[C@]14C. The highest BCUT2D eigenvalue weighted by atomic mass is 31.2. The molecule has 4 saturated carbocycles. The second-order valence-electron chi connectivity index (χ2n) is 12.6. The number of hydrogen-bond acceptors (Lipinski definition) is 10. The maximum Gasteiger partial charge on any atom is 0.473 e. The van der Waals surface area contributed by atoms with Crippen molar-refractivity contribution in [3.8, 4) is 0 Å². The number of aromatic amines is 1. The number of H-pyrrole nitrogens is 1. The third-order valence-corrected chi connectivity index (χ3v) is 12.4. The summed E-state index contributed by atoms with van der Waals surface area (Å²) < 4.78 is 37.2. The zero-order valence-corrected chi connectivity index (χ0v) is 22.3. The van der Waals surface area contributed by atoms with Crippen LogP contribution in [0.3, 0.4) is 0 Å². The van der Waals surface area contributed by atoms with Crippen LogP contribution in [0.4, 0.5) is 0 Å². The summed E-state index contributed by atoms with van der Waals surface area (Å²) >= 11 is 0. The van der Waals surface area contributed by atoms with Crippen LogP contribution in [-0.2, 0) is 23.1 Å². The number of ether oxygens (including phenoxy) is 2. The Morgan fingerprint density at radius 2 is 1.95 bits per heavy atom. The fraction of sp³-hybridized carbons (Fsp3) is 0.720. The van der Waals surface area contributed by atoms with Gasteiger partial charge >= 0.3 is 13.8 Å². The number of carbonyl (C=O) groups is 1. The number of carbonyl (C=O) groups excluding carboxylic acids is 1. The molecule has 11 atom stereocenters. The highest BCUT2D eigenvalue weighted by Crippen LogP contribution is 2.94. The Bertz CT molecular complexity index is 1370. The number of aromatic nitrogens is 1. The van der Waals surface area contributed by atoms with E-state index in [4.69, 9.17) is 18.5 Å². The van der Waals surface area contributed by atoms with Crippen LogP contribution in [0, 0.1) is 16.7 Å². The zero-order chi connectivity index (χ0) is 27.7. The number of esters is 1. The Hall–Kier alpha value is -1.60. The van der Waals surface area contributed by atoms with Gasteiger partial charge in [0.15, 0.2) is 23.1 Å². The van der Waals surface area contributed by atoms with Crippen LogP contribution >= 0.6 is 7.82 Å². The molecule has 0 amide bonds. The average Bonchev–Trinajstić information content (AvgIpc) is 3.44. The van der Waals surface area contributed by atoms with E-state index >= 15 is 0 Å². The molecule has 7 aliphatic rings. The molecule has 1 aromatic heterocycles. The van der Waals surface area contributed by atoms with Gasteiger partial charge in [-0.1, -0.05) is 27.4 Å². The van der Waals surface area contributed by atoms with E-state index in [1.54, 1.807) is 19.9 Å². The number of phosphoric ester groups is 1. The van der Waals surface area contributed by atoms with Gasteiger partial charge in [-0.2, -0.15) is 0 Å². The first-order chi connectivity index (χ1) is 17.4. The van der Waals surface area contributed by atoms with Gasteiger partial charge in [-0.05, 0) is 43.4 Å². The zero-order valence-electron chi connectivity index (χ0n) is 21.4. The van der Waals surface area contributed by atoms with Crippen molar-refractivity contribution in [1.82, 2.24) is 4.98 Å². The molecule has 6 N–H and O–H groups in total. The van der Waals surface area contributed by atoms with Gasteiger partial charge in [-0.3, -0.25) is 9.05 Å². The van der Waals surface area contributed by atoms with E-state index in [9.17, 15) is 34.7 Å². The summed E-state index contributed by atoms with van der Waals surface area (Å²) in [7, 11) is -5.04. The third kappa shape index (κ3) is 1.89. The summed E-state index contributed by atoms with van der Waals surface area (Å²) in [6.07, 6.45) is -2.07. The van der Waals surface area contributed by atoms with Crippen molar-refractivity contribution in [2.75, 3.05) is 0 Å². The Kier molecular flexibility index (Phi) is 4.22. The molecular weight excluding hydrogens is 521 g/mol. The molecule has 13 heteroatoms. The molecule has 2 unspecified atom stereocenters. The molecule has 3 aliphatic heterocycles. The number of rotatable bonds is 3. The first kappa shape index (κ1) is 25.4. The molecule has 2 spiro atoms. The summed E-state index contributed by atoms with van der Waals surface area (Å²) in [4.78, 5) is 27.0. The third-order valence-electron chi connectivity index (χ3n) is 11.4. The Balaban J connectivity index is 1.62. The van der Waals surface area contributed by atoms with E-state index in [-0.39, 0.29) is 18.5 Å². The summed E-state index contributed by atoms with van der Waals surface area (Å²) in [5, 5.41) is 50.7. The Morgan fingerprint density at radius 3 is 2.55 bits per heavy atom. The molecule has 4 aliphatic carbocycles. The van der Waals surface area contributed by atoms with Gasteiger partial charge in [0.05, 0.1) is 5.41 Å². The van der Waals surface area contributed by atoms with Crippen molar-refractivity contribution in [3.63, 3.8) is 0 Å². The lowest BCUT2D eigenvalue weighted by Crippen LogP contribution is -2.76. The minimum absolute atomic E-state index is 0.0189. The van der Waals surface area contributed by atoms with E-state index < -0.39 is 83.0 Å². The molecule has 38 heavy (non-hydrogen) atoms. The number of nitrogens with one attached hydrogen (secondary N) is 1. The molecular formula is C25H32NO11P. The second kappa shape index (κ2) is 6.32. The highest BCUT2D eigenvalue weighted by Gasteiger charge is 3.12. The predicted octanol–water partition coefficient (Wildman–Crippen LogP) is 0.895. The topological polar surface area (TPSA) is 188 Å². The van der Waals surface area contributed by atoms with Crippen molar-refractivity contribution in [1.29, 1.82) is 0 Å². The summed E-state index contributed by atoms with van der Waals surface area (Å²) in [6.45, 7) is 10.1. The molecule has 1 aromatic rings. The molecule has 3 saturated heterocycles. The molecule has 0 radical (unpaired) electrons. The van der Waals surface area contributed by atoms with Gasteiger partial charge < -0.3 is 39.8 Å². The minimum atomic E-state index is -5.04. The van der Waals surface area contributed by atoms with Crippen molar-refractivity contribution < 1.29 is 53.2 Å². The maximum atomic E-state index is 13.4. The van der Waals surface area contributed by atoms with Crippen LogP contribution < -0.4 is 0 Å². The van der Waals surface area contributed by atoms with Crippen molar-refractivity contribution in [2.24, 2.45) is 16.7 Å². The molecule has 12 nitrogen and oxygen atoms in total. The van der Waals surface area contributed by atoms with Crippen LogP contribution in [0.5, 0.6) is 0 Å². The number of hydrogen-bond donors (Lipinski definition) is 6. The van der Waals surface area contributed by atoms with Crippen LogP contribution in [0.2, 0.25) is 0 Å². The summed E-state index contributed by atoms with van der Waals surface area (Å²) in [5.74, 6) is -4.05. The lowest BCUT2D eigenvalue weighted by atomic mass is 9.52. The molecule has 0 aromatic carbocycles. The lowest BCUT2D eigenvalue weighted by Gasteiger charge is -2.60. The Morgan fingerprint density at radius 1 is 1.26 bits per heavy atom. The minimum Gasteiger partial charge on any atom is -0.451 e. The lowest BCUT2D eigenvalue weighted by molar-refractivity contribution is -0.381. The Labute approximate surface area is 218 Å². The molecule has 4 heterocycles. The fourth-order valence-electron chi connectivity index (χ4n) is 9.93. The smallest absolute Gasteiger partial charge is 0.451 e.